The van der Waals surface area contributed by atoms with Crippen molar-refractivity contribution in [2.45, 2.75) is 18.7 Å². The average molecular weight is 268 g/mol. The van der Waals surface area contributed by atoms with Gasteiger partial charge in [0.25, 0.3) is 0 Å². The Kier molecular flexibility index (Phi) is 5.09. The molecule has 0 aliphatic carbocycles. The van der Waals surface area contributed by atoms with Crippen LogP contribution in [0, 0.1) is 0 Å². The van der Waals surface area contributed by atoms with Crippen molar-refractivity contribution in [2.75, 3.05) is 12.4 Å². The summed E-state index contributed by atoms with van der Waals surface area (Å²) >= 11 is 0. The fourth-order valence-corrected chi connectivity index (χ4v) is 2.52. The molecule has 0 aromatic heterocycles. The largest absolute Gasteiger partial charge is 0.463 e. The van der Waals surface area contributed by atoms with Crippen molar-refractivity contribution in [3.8, 4) is 0 Å². The Bertz CT molecular complexity index is 529. The number of carbonyl (C=O) groups excluding carboxylic acids is 1. The van der Waals surface area contributed by atoms with Gasteiger partial charge in [0.2, 0.25) is 0 Å². The van der Waals surface area contributed by atoms with Gasteiger partial charge in [-0.3, -0.25) is 0 Å². The molecule has 0 aliphatic rings. The summed E-state index contributed by atoms with van der Waals surface area (Å²) in [7, 11) is -3.39. The monoisotopic (exact) mass is 268 g/mol. The number of sulfone groups is 1. The highest BCUT2D eigenvalue weighted by atomic mass is 32.2. The number of rotatable bonds is 5. The fourth-order valence-electron chi connectivity index (χ4n) is 1.29. The van der Waals surface area contributed by atoms with Crippen molar-refractivity contribution < 1.29 is 17.9 Å². The van der Waals surface area contributed by atoms with Crippen molar-refractivity contribution in [2.24, 2.45) is 0 Å². The van der Waals surface area contributed by atoms with E-state index in [0.29, 0.717) is 5.57 Å². The molecule has 1 aromatic rings. The lowest BCUT2D eigenvalue weighted by molar-refractivity contribution is -0.138. The Labute approximate surface area is 107 Å². The number of carbonyl (C=O) groups is 1. The second-order valence-electron chi connectivity index (χ2n) is 3.70. The molecule has 0 atom stereocenters. The van der Waals surface area contributed by atoms with E-state index in [9.17, 15) is 13.2 Å². The van der Waals surface area contributed by atoms with Gasteiger partial charge in [0, 0.05) is 5.57 Å². The lowest BCUT2D eigenvalue weighted by Crippen LogP contribution is -2.09. The molecule has 18 heavy (non-hydrogen) atoms. The van der Waals surface area contributed by atoms with Gasteiger partial charge < -0.3 is 4.74 Å². The van der Waals surface area contributed by atoms with Gasteiger partial charge in [-0.1, -0.05) is 24.3 Å². The van der Waals surface area contributed by atoms with Crippen molar-refractivity contribution >= 4 is 15.8 Å². The predicted molar refractivity (Wildman–Crippen MR) is 68.9 cm³/mol. The molecule has 1 aromatic carbocycles. The minimum absolute atomic E-state index is 0.207. The Morgan fingerprint density at radius 1 is 1.28 bits per heavy atom. The number of ether oxygens (including phenoxy) is 1. The summed E-state index contributed by atoms with van der Waals surface area (Å²) in [5.41, 5.74) is 0.302. The molecule has 0 N–H and O–H groups in total. The van der Waals surface area contributed by atoms with Crippen LogP contribution in [0.4, 0.5) is 0 Å². The fraction of sp³-hybridized carbons (Fsp3) is 0.308. The maximum Gasteiger partial charge on any atom is 0.333 e. The molecule has 0 heterocycles. The van der Waals surface area contributed by atoms with Crippen molar-refractivity contribution in [3.63, 3.8) is 0 Å². The van der Waals surface area contributed by atoms with Crippen LogP contribution >= 0.6 is 0 Å². The first-order valence-electron chi connectivity index (χ1n) is 5.59. The highest BCUT2D eigenvalue weighted by molar-refractivity contribution is 7.91. The molecule has 0 fully saturated rings. The Morgan fingerprint density at radius 3 is 2.44 bits per heavy atom. The van der Waals surface area contributed by atoms with Gasteiger partial charge in [0.15, 0.2) is 9.84 Å². The summed E-state index contributed by atoms with van der Waals surface area (Å²) in [6.45, 7) is 3.51. The lowest BCUT2D eigenvalue weighted by Gasteiger charge is -2.03. The Balaban J connectivity index is 2.80. The van der Waals surface area contributed by atoms with Gasteiger partial charge in [-0.15, -0.1) is 0 Å². The van der Waals surface area contributed by atoms with Crippen molar-refractivity contribution in [1.82, 2.24) is 0 Å². The molecule has 0 radical (unpaired) electrons. The minimum atomic E-state index is -3.39. The first-order chi connectivity index (χ1) is 8.47. The summed E-state index contributed by atoms with van der Waals surface area (Å²) in [5, 5.41) is 0. The molecule has 0 aliphatic heterocycles. The molecule has 1 rings (SSSR count). The summed E-state index contributed by atoms with van der Waals surface area (Å²) in [6.07, 6.45) is 1.38. The summed E-state index contributed by atoms with van der Waals surface area (Å²) in [4.78, 5) is 11.6. The minimum Gasteiger partial charge on any atom is -0.463 e. The molecule has 0 bridgehead atoms. The van der Waals surface area contributed by atoms with E-state index in [0.717, 1.165) is 0 Å². The smallest absolute Gasteiger partial charge is 0.333 e. The van der Waals surface area contributed by atoms with Crippen LogP contribution in [0.2, 0.25) is 0 Å². The van der Waals surface area contributed by atoms with E-state index in [1.165, 1.54) is 18.2 Å². The molecular weight excluding hydrogens is 252 g/mol. The third-order valence-electron chi connectivity index (χ3n) is 2.31. The molecule has 0 amide bonds. The van der Waals surface area contributed by atoms with Crippen molar-refractivity contribution in [3.05, 3.63) is 42.0 Å². The zero-order valence-electron chi connectivity index (χ0n) is 10.4. The van der Waals surface area contributed by atoms with Gasteiger partial charge in [0.1, 0.15) is 0 Å². The molecule has 0 spiro atoms. The van der Waals surface area contributed by atoms with Gasteiger partial charge in [-0.25, -0.2) is 13.2 Å². The molecular formula is C13H16O4S. The quantitative estimate of drug-likeness (QED) is 0.605. The molecule has 0 saturated heterocycles. The van der Waals surface area contributed by atoms with Crippen LogP contribution in [0.25, 0.3) is 0 Å². The molecule has 0 unspecified atom stereocenters. The first kappa shape index (κ1) is 14.4. The van der Waals surface area contributed by atoms with Crippen LogP contribution in [0.5, 0.6) is 0 Å². The first-order valence-corrected chi connectivity index (χ1v) is 7.24. The van der Waals surface area contributed by atoms with E-state index < -0.39 is 15.8 Å². The molecule has 0 saturated carbocycles. The summed E-state index contributed by atoms with van der Waals surface area (Å²) in [6, 6.07) is 8.13. The van der Waals surface area contributed by atoms with Crippen LogP contribution in [-0.2, 0) is 19.4 Å². The van der Waals surface area contributed by atoms with Crippen LogP contribution in [0.3, 0.4) is 0 Å². The number of hydrogen-bond donors (Lipinski definition) is 0. The maximum absolute atomic E-state index is 11.9. The van der Waals surface area contributed by atoms with E-state index in [-0.39, 0.29) is 17.3 Å². The summed E-state index contributed by atoms with van der Waals surface area (Å²) in [5.74, 6) is -0.692. The third kappa shape index (κ3) is 4.00. The summed E-state index contributed by atoms with van der Waals surface area (Å²) < 4.78 is 28.6. The van der Waals surface area contributed by atoms with E-state index in [1.807, 2.05) is 0 Å². The van der Waals surface area contributed by atoms with Gasteiger partial charge in [-0.2, -0.15) is 0 Å². The van der Waals surface area contributed by atoms with Crippen LogP contribution < -0.4 is 0 Å². The Morgan fingerprint density at radius 2 is 1.89 bits per heavy atom. The van der Waals surface area contributed by atoms with Crippen LogP contribution in [0.15, 0.2) is 46.9 Å². The molecule has 4 nitrogen and oxygen atoms in total. The topological polar surface area (TPSA) is 60.4 Å². The second kappa shape index (κ2) is 6.35. The van der Waals surface area contributed by atoms with Crippen LogP contribution in [-0.4, -0.2) is 26.7 Å². The van der Waals surface area contributed by atoms with Crippen molar-refractivity contribution in [1.29, 1.82) is 0 Å². The number of hydrogen-bond acceptors (Lipinski definition) is 4. The number of esters is 1. The highest BCUT2D eigenvalue weighted by Gasteiger charge is 2.13. The number of benzene rings is 1. The van der Waals surface area contributed by atoms with E-state index in [1.54, 1.807) is 32.0 Å². The van der Waals surface area contributed by atoms with Crippen LogP contribution in [0.1, 0.15) is 13.8 Å². The zero-order valence-corrected chi connectivity index (χ0v) is 11.2. The molecule has 5 heteroatoms. The van der Waals surface area contributed by atoms with E-state index in [4.69, 9.17) is 4.74 Å². The maximum atomic E-state index is 11.9. The van der Waals surface area contributed by atoms with Gasteiger partial charge >= 0.3 is 5.97 Å². The third-order valence-corrected chi connectivity index (χ3v) is 3.90. The molecule has 98 valence electrons. The van der Waals surface area contributed by atoms with E-state index >= 15 is 0 Å². The average Bonchev–Trinajstić information content (AvgIpc) is 2.37. The predicted octanol–water partition coefficient (Wildman–Crippen LogP) is 1.97. The highest BCUT2D eigenvalue weighted by Crippen LogP contribution is 2.11. The van der Waals surface area contributed by atoms with Gasteiger partial charge in [-0.05, 0) is 26.0 Å². The lowest BCUT2D eigenvalue weighted by atomic mass is 10.3. The van der Waals surface area contributed by atoms with Gasteiger partial charge in [0.05, 0.1) is 17.3 Å². The normalized spacial score (nSPS) is 12.2. The SMILES string of the molecule is CCOC(=O)/C(C)=C/CS(=O)(=O)c1ccccc1. The standard InChI is InChI=1S/C13H16O4S/c1-3-17-13(14)11(2)9-10-18(15,16)12-7-5-4-6-8-12/h4-9H,3,10H2,1-2H3/b11-9+. The Hall–Kier alpha value is -1.62. The van der Waals surface area contributed by atoms with E-state index in [2.05, 4.69) is 0 Å². The second-order valence-corrected chi connectivity index (χ2v) is 5.74. The zero-order chi connectivity index (χ0) is 13.6.